The third-order valence-corrected chi connectivity index (χ3v) is 4.58. The van der Waals surface area contributed by atoms with Crippen molar-refractivity contribution in [1.82, 2.24) is 25.1 Å². The Morgan fingerprint density at radius 2 is 2.19 bits per heavy atom. The van der Waals surface area contributed by atoms with E-state index in [1.807, 2.05) is 39.8 Å². The minimum absolute atomic E-state index is 0.0932. The van der Waals surface area contributed by atoms with Crippen LogP contribution in [0.2, 0.25) is 0 Å². The number of amides is 1. The Hall–Kier alpha value is -2.84. The molecule has 0 aliphatic carbocycles. The summed E-state index contributed by atoms with van der Waals surface area (Å²) in [7, 11) is 0. The van der Waals surface area contributed by atoms with Crippen LogP contribution in [-0.4, -0.2) is 60.9 Å². The van der Waals surface area contributed by atoms with E-state index >= 15 is 0 Å². The fraction of sp³-hybridized carbons (Fsp3) is 0.556. The number of carbonyl (C=O) groups is 1. The summed E-state index contributed by atoms with van der Waals surface area (Å²) in [6.45, 7) is 9.09. The molecule has 0 spiro atoms. The smallest absolute Gasteiger partial charge is 0.408 e. The molecule has 9 nitrogen and oxygen atoms in total. The third-order valence-electron chi connectivity index (χ3n) is 4.58. The van der Waals surface area contributed by atoms with E-state index in [4.69, 9.17) is 0 Å². The summed E-state index contributed by atoms with van der Waals surface area (Å²) in [4.78, 5) is 24.6. The van der Waals surface area contributed by atoms with Crippen molar-refractivity contribution < 1.29 is 9.90 Å². The number of aromatic nitrogens is 4. The van der Waals surface area contributed by atoms with Crippen molar-refractivity contribution in [2.24, 2.45) is 0 Å². The Morgan fingerprint density at radius 3 is 2.81 bits per heavy atom. The average Bonchev–Trinajstić information content (AvgIpc) is 3.06. The molecule has 1 atom stereocenters. The molecule has 146 valence electrons. The van der Waals surface area contributed by atoms with Gasteiger partial charge in [-0.3, -0.25) is 10.00 Å². The molecule has 0 aromatic carbocycles. The van der Waals surface area contributed by atoms with Gasteiger partial charge in [-0.25, -0.2) is 9.78 Å². The van der Waals surface area contributed by atoms with E-state index in [1.165, 1.54) is 0 Å². The molecule has 0 radical (unpaired) electrons. The molecule has 27 heavy (non-hydrogen) atoms. The van der Waals surface area contributed by atoms with Crippen LogP contribution in [-0.2, 0) is 0 Å². The van der Waals surface area contributed by atoms with Crippen molar-refractivity contribution in [2.45, 2.75) is 52.1 Å². The summed E-state index contributed by atoms with van der Waals surface area (Å²) in [5.74, 6) is 2.04. The van der Waals surface area contributed by atoms with Gasteiger partial charge in [0.2, 0.25) is 5.95 Å². The topological polar surface area (TPSA) is 110 Å². The van der Waals surface area contributed by atoms with Crippen LogP contribution in [0.15, 0.2) is 18.3 Å². The first-order valence-corrected chi connectivity index (χ1v) is 9.13. The summed E-state index contributed by atoms with van der Waals surface area (Å²) >= 11 is 0. The standard InChI is InChI=1S/C18H27N7O2/c1-12-10-15(21-14-7-8-19-23-14)22-16(20-12)24-9-5-6-13(11-24)25(17(26)27)18(2,3)4/h7-8,10,13H,5-6,9,11H2,1-4H3,(H,26,27)(H2,19,20,21,22,23)/t13-/m1/s1. The van der Waals surface area contributed by atoms with Crippen molar-refractivity contribution >= 4 is 23.7 Å². The first-order valence-electron chi connectivity index (χ1n) is 9.13. The van der Waals surface area contributed by atoms with Crippen molar-refractivity contribution in [3.8, 4) is 0 Å². The van der Waals surface area contributed by atoms with Gasteiger partial charge in [-0.2, -0.15) is 10.1 Å². The zero-order chi connectivity index (χ0) is 19.6. The van der Waals surface area contributed by atoms with Crippen molar-refractivity contribution in [3.63, 3.8) is 0 Å². The molecule has 2 aromatic heterocycles. The van der Waals surface area contributed by atoms with Gasteiger partial charge in [0.25, 0.3) is 0 Å². The van der Waals surface area contributed by atoms with E-state index in [9.17, 15) is 9.90 Å². The molecule has 1 aliphatic rings. The fourth-order valence-corrected chi connectivity index (χ4v) is 3.56. The van der Waals surface area contributed by atoms with Gasteiger partial charge >= 0.3 is 6.09 Å². The number of anilines is 3. The quantitative estimate of drug-likeness (QED) is 0.755. The van der Waals surface area contributed by atoms with Crippen molar-refractivity contribution in [1.29, 1.82) is 0 Å². The van der Waals surface area contributed by atoms with Gasteiger partial charge in [0.1, 0.15) is 11.6 Å². The molecule has 1 aliphatic heterocycles. The van der Waals surface area contributed by atoms with E-state index in [-0.39, 0.29) is 6.04 Å². The normalized spacial score (nSPS) is 17.6. The number of aromatic amines is 1. The maximum absolute atomic E-state index is 11.8. The maximum Gasteiger partial charge on any atom is 0.408 e. The number of piperidine rings is 1. The SMILES string of the molecule is Cc1cc(Nc2ccn[nH]2)nc(N2CCC[C@@H](N(C(=O)O)C(C)(C)C)C2)n1. The van der Waals surface area contributed by atoms with Crippen LogP contribution < -0.4 is 10.2 Å². The number of nitrogens with zero attached hydrogens (tertiary/aromatic N) is 5. The monoisotopic (exact) mass is 373 g/mol. The number of H-pyrrole nitrogens is 1. The van der Waals surface area contributed by atoms with E-state index in [2.05, 4.69) is 30.4 Å². The molecule has 9 heteroatoms. The van der Waals surface area contributed by atoms with Crippen molar-refractivity contribution in [3.05, 3.63) is 24.0 Å². The van der Waals surface area contributed by atoms with Gasteiger partial charge in [0.05, 0.1) is 12.2 Å². The first-order chi connectivity index (χ1) is 12.7. The summed E-state index contributed by atoms with van der Waals surface area (Å²) in [6, 6.07) is 3.59. The summed E-state index contributed by atoms with van der Waals surface area (Å²) in [5.41, 5.74) is 0.385. The van der Waals surface area contributed by atoms with Gasteiger partial charge in [-0.15, -0.1) is 0 Å². The zero-order valence-electron chi connectivity index (χ0n) is 16.2. The molecule has 0 unspecified atom stereocenters. The van der Waals surface area contributed by atoms with Crippen LogP contribution in [0.1, 0.15) is 39.3 Å². The van der Waals surface area contributed by atoms with E-state index in [1.54, 1.807) is 11.1 Å². The molecule has 3 heterocycles. The Balaban J connectivity index is 1.81. The summed E-state index contributed by atoms with van der Waals surface area (Å²) in [5, 5.41) is 19.7. The van der Waals surface area contributed by atoms with Crippen LogP contribution in [0.4, 0.5) is 22.4 Å². The largest absolute Gasteiger partial charge is 0.465 e. The number of rotatable bonds is 4. The molecule has 1 saturated heterocycles. The summed E-state index contributed by atoms with van der Waals surface area (Å²) in [6.07, 6.45) is 2.51. The Kier molecular flexibility index (Phi) is 5.20. The second-order valence-corrected chi connectivity index (χ2v) is 7.86. The first kappa shape index (κ1) is 18.9. The lowest BCUT2D eigenvalue weighted by molar-refractivity contribution is 0.0646. The Labute approximate surface area is 158 Å². The van der Waals surface area contributed by atoms with Crippen LogP contribution in [0, 0.1) is 6.92 Å². The highest BCUT2D eigenvalue weighted by atomic mass is 16.4. The Morgan fingerprint density at radius 1 is 1.41 bits per heavy atom. The molecular formula is C18H27N7O2. The highest BCUT2D eigenvalue weighted by molar-refractivity contribution is 5.66. The lowest BCUT2D eigenvalue weighted by Crippen LogP contribution is -2.57. The minimum atomic E-state index is -0.888. The number of nitrogens with one attached hydrogen (secondary N) is 2. The third kappa shape index (κ3) is 4.47. The van der Waals surface area contributed by atoms with Gasteiger partial charge in [-0.05, 0) is 40.5 Å². The fourth-order valence-electron chi connectivity index (χ4n) is 3.56. The highest BCUT2D eigenvalue weighted by Crippen LogP contribution is 2.26. The van der Waals surface area contributed by atoms with Crippen molar-refractivity contribution in [2.75, 3.05) is 23.3 Å². The average molecular weight is 373 g/mol. The second-order valence-electron chi connectivity index (χ2n) is 7.86. The molecule has 1 fully saturated rings. The lowest BCUT2D eigenvalue weighted by Gasteiger charge is -2.44. The molecule has 0 saturated carbocycles. The van der Waals surface area contributed by atoms with Crippen LogP contribution in [0.5, 0.6) is 0 Å². The van der Waals surface area contributed by atoms with E-state index < -0.39 is 11.6 Å². The highest BCUT2D eigenvalue weighted by Gasteiger charge is 2.36. The number of carboxylic acid groups (broad SMARTS) is 1. The zero-order valence-corrected chi connectivity index (χ0v) is 16.2. The summed E-state index contributed by atoms with van der Waals surface area (Å²) < 4.78 is 0. The Bertz CT molecular complexity index is 786. The molecule has 3 N–H and O–H groups in total. The predicted molar refractivity (Wildman–Crippen MR) is 103 cm³/mol. The molecular weight excluding hydrogens is 346 g/mol. The van der Waals surface area contributed by atoms with Crippen LogP contribution in [0.25, 0.3) is 0 Å². The maximum atomic E-state index is 11.8. The lowest BCUT2D eigenvalue weighted by atomic mass is 9.98. The number of hydrogen-bond acceptors (Lipinski definition) is 6. The van der Waals surface area contributed by atoms with Crippen LogP contribution >= 0.6 is 0 Å². The number of aryl methyl sites for hydroxylation is 1. The van der Waals surface area contributed by atoms with Crippen LogP contribution in [0.3, 0.4) is 0 Å². The molecule has 0 bridgehead atoms. The molecule has 2 aromatic rings. The molecule has 1 amide bonds. The van der Waals surface area contributed by atoms with Gasteiger partial charge < -0.3 is 15.3 Å². The van der Waals surface area contributed by atoms with E-state index in [0.29, 0.717) is 18.3 Å². The minimum Gasteiger partial charge on any atom is -0.465 e. The molecule has 3 rings (SSSR count). The predicted octanol–water partition coefficient (Wildman–Crippen LogP) is 3.00. The van der Waals surface area contributed by atoms with E-state index in [0.717, 1.165) is 30.9 Å². The second kappa shape index (κ2) is 7.42. The van der Waals surface area contributed by atoms with Gasteiger partial charge in [0.15, 0.2) is 0 Å². The number of hydrogen-bond donors (Lipinski definition) is 3. The van der Waals surface area contributed by atoms with Gasteiger partial charge in [0, 0.05) is 36.5 Å². The van der Waals surface area contributed by atoms with Gasteiger partial charge in [-0.1, -0.05) is 0 Å².